The van der Waals surface area contributed by atoms with Crippen LogP contribution in [0.15, 0.2) is 4.47 Å². The monoisotopic (exact) mass is 285 g/mol. The van der Waals surface area contributed by atoms with Crippen LogP contribution in [0.3, 0.4) is 0 Å². The van der Waals surface area contributed by atoms with Crippen LogP contribution in [0, 0.1) is 6.92 Å². The largest absolute Gasteiger partial charge is 0.295 e. The highest BCUT2D eigenvalue weighted by atomic mass is 79.9. The normalized spacial score (nSPS) is 16.1. The third-order valence-electron chi connectivity index (χ3n) is 3.19. The zero-order chi connectivity index (χ0) is 11.7. The molecule has 3 nitrogen and oxygen atoms in total. The highest BCUT2D eigenvalue weighted by Crippen LogP contribution is 2.30. The predicted octanol–water partition coefficient (Wildman–Crippen LogP) is 2.87. The predicted molar refractivity (Wildman–Crippen MR) is 69.4 cm³/mol. The third kappa shape index (κ3) is 2.48. The first kappa shape index (κ1) is 12.1. The molecule has 0 saturated heterocycles. The number of aromatic nitrogens is 2. The molecule has 1 saturated carbocycles. The summed E-state index contributed by atoms with van der Waals surface area (Å²) < 4.78 is 3.18. The molecule has 16 heavy (non-hydrogen) atoms. The fourth-order valence-electron chi connectivity index (χ4n) is 2.16. The van der Waals surface area contributed by atoms with E-state index in [0.717, 1.165) is 18.3 Å². The van der Waals surface area contributed by atoms with Gasteiger partial charge >= 0.3 is 0 Å². The summed E-state index contributed by atoms with van der Waals surface area (Å²) >= 11 is 3.64. The molecule has 1 aliphatic carbocycles. The Kier molecular flexibility index (Phi) is 3.70. The van der Waals surface area contributed by atoms with Crippen LogP contribution >= 0.6 is 15.9 Å². The van der Waals surface area contributed by atoms with Gasteiger partial charge in [0.15, 0.2) is 0 Å². The van der Waals surface area contributed by atoms with Crippen molar-refractivity contribution in [2.45, 2.75) is 45.7 Å². The SMILES string of the molecule is CCCN(Cc1c(Br)c(C)nn1C)C1CC1. The van der Waals surface area contributed by atoms with Crippen molar-refractivity contribution >= 4 is 15.9 Å². The summed E-state index contributed by atoms with van der Waals surface area (Å²) in [5, 5.41) is 4.45. The molecule has 0 N–H and O–H groups in total. The highest BCUT2D eigenvalue weighted by Gasteiger charge is 2.29. The maximum Gasteiger partial charge on any atom is 0.0739 e. The van der Waals surface area contributed by atoms with Gasteiger partial charge in [0.2, 0.25) is 0 Å². The molecule has 0 radical (unpaired) electrons. The summed E-state index contributed by atoms with van der Waals surface area (Å²) in [7, 11) is 2.03. The highest BCUT2D eigenvalue weighted by molar-refractivity contribution is 9.10. The molecule has 0 aromatic carbocycles. The van der Waals surface area contributed by atoms with E-state index in [1.165, 1.54) is 36.0 Å². The van der Waals surface area contributed by atoms with Crippen molar-refractivity contribution in [3.63, 3.8) is 0 Å². The van der Waals surface area contributed by atoms with Crippen LogP contribution in [0.2, 0.25) is 0 Å². The van der Waals surface area contributed by atoms with Crippen molar-refractivity contribution in [1.29, 1.82) is 0 Å². The molecular weight excluding hydrogens is 266 g/mol. The number of hydrogen-bond acceptors (Lipinski definition) is 2. The summed E-state index contributed by atoms with van der Waals surface area (Å²) in [6, 6.07) is 0.821. The molecule has 0 unspecified atom stereocenters. The first-order chi connectivity index (χ1) is 7.63. The van der Waals surface area contributed by atoms with Gasteiger partial charge in [-0.3, -0.25) is 9.58 Å². The van der Waals surface area contributed by atoms with Crippen molar-refractivity contribution in [2.75, 3.05) is 6.54 Å². The number of halogens is 1. The van der Waals surface area contributed by atoms with E-state index < -0.39 is 0 Å². The Bertz CT molecular complexity index is 369. The minimum Gasteiger partial charge on any atom is -0.295 e. The Morgan fingerprint density at radius 3 is 2.62 bits per heavy atom. The molecule has 0 spiro atoms. The zero-order valence-electron chi connectivity index (χ0n) is 10.3. The van der Waals surface area contributed by atoms with Crippen molar-refractivity contribution < 1.29 is 0 Å². The van der Waals surface area contributed by atoms with E-state index in [-0.39, 0.29) is 0 Å². The van der Waals surface area contributed by atoms with Gasteiger partial charge < -0.3 is 0 Å². The molecule has 2 rings (SSSR count). The smallest absolute Gasteiger partial charge is 0.0739 e. The lowest BCUT2D eigenvalue weighted by molar-refractivity contribution is 0.248. The Balaban J connectivity index is 2.11. The average Bonchev–Trinajstić information content (AvgIpc) is 3.03. The first-order valence-electron chi connectivity index (χ1n) is 6.05. The van der Waals surface area contributed by atoms with Gasteiger partial charge in [0, 0.05) is 19.6 Å². The Morgan fingerprint density at radius 1 is 1.50 bits per heavy atom. The van der Waals surface area contributed by atoms with Crippen LogP contribution in [-0.4, -0.2) is 27.3 Å². The summed E-state index contributed by atoms with van der Waals surface area (Å²) in [6.45, 7) is 6.52. The Hall–Kier alpha value is -0.350. The van der Waals surface area contributed by atoms with Crippen molar-refractivity contribution in [3.8, 4) is 0 Å². The third-order valence-corrected chi connectivity index (χ3v) is 4.22. The van der Waals surface area contributed by atoms with Crippen LogP contribution in [0.4, 0.5) is 0 Å². The van der Waals surface area contributed by atoms with Crippen LogP contribution in [-0.2, 0) is 13.6 Å². The van der Waals surface area contributed by atoms with Crippen LogP contribution in [0.5, 0.6) is 0 Å². The molecule has 1 aromatic rings. The molecule has 1 heterocycles. The van der Waals surface area contributed by atoms with E-state index in [9.17, 15) is 0 Å². The fraction of sp³-hybridized carbons (Fsp3) is 0.750. The number of rotatable bonds is 5. The van der Waals surface area contributed by atoms with Crippen molar-refractivity contribution in [3.05, 3.63) is 15.9 Å². The molecule has 1 aromatic heterocycles. The molecule has 0 bridgehead atoms. The van der Waals surface area contributed by atoms with E-state index in [0.29, 0.717) is 0 Å². The van der Waals surface area contributed by atoms with E-state index in [1.807, 2.05) is 11.7 Å². The van der Waals surface area contributed by atoms with E-state index >= 15 is 0 Å². The Morgan fingerprint density at radius 2 is 2.19 bits per heavy atom. The minimum absolute atomic E-state index is 0.821. The summed E-state index contributed by atoms with van der Waals surface area (Å²) in [5.41, 5.74) is 2.39. The van der Waals surface area contributed by atoms with Gasteiger partial charge in [-0.15, -0.1) is 0 Å². The van der Waals surface area contributed by atoms with Crippen LogP contribution < -0.4 is 0 Å². The van der Waals surface area contributed by atoms with Gasteiger partial charge in [-0.05, 0) is 48.7 Å². The number of hydrogen-bond donors (Lipinski definition) is 0. The van der Waals surface area contributed by atoms with E-state index in [2.05, 4.69) is 39.8 Å². The van der Waals surface area contributed by atoms with E-state index in [1.54, 1.807) is 0 Å². The lowest BCUT2D eigenvalue weighted by atomic mass is 10.3. The maximum atomic E-state index is 4.45. The van der Waals surface area contributed by atoms with Crippen LogP contribution in [0.1, 0.15) is 37.6 Å². The summed E-state index contributed by atoms with van der Waals surface area (Å²) in [4.78, 5) is 2.58. The van der Waals surface area contributed by atoms with E-state index in [4.69, 9.17) is 0 Å². The first-order valence-corrected chi connectivity index (χ1v) is 6.84. The minimum atomic E-state index is 0.821. The number of nitrogens with zero attached hydrogens (tertiary/aromatic N) is 3. The molecule has 90 valence electrons. The van der Waals surface area contributed by atoms with Gasteiger partial charge in [-0.1, -0.05) is 6.92 Å². The molecular formula is C12H20BrN3. The lowest BCUT2D eigenvalue weighted by Crippen LogP contribution is -2.27. The molecule has 1 aliphatic rings. The maximum absolute atomic E-state index is 4.45. The molecule has 0 aliphatic heterocycles. The fourth-order valence-corrected chi connectivity index (χ4v) is 2.62. The zero-order valence-corrected chi connectivity index (χ0v) is 11.9. The quantitative estimate of drug-likeness (QED) is 0.830. The van der Waals surface area contributed by atoms with Gasteiger partial charge in [0.05, 0.1) is 15.9 Å². The average molecular weight is 286 g/mol. The molecule has 1 fully saturated rings. The molecule has 4 heteroatoms. The van der Waals surface area contributed by atoms with Gasteiger partial charge in [0.25, 0.3) is 0 Å². The van der Waals surface area contributed by atoms with Crippen molar-refractivity contribution in [2.24, 2.45) is 7.05 Å². The lowest BCUT2D eigenvalue weighted by Gasteiger charge is -2.21. The second-order valence-corrected chi connectivity index (χ2v) is 5.46. The number of aryl methyl sites for hydroxylation is 2. The molecule has 0 atom stereocenters. The molecule has 0 amide bonds. The van der Waals surface area contributed by atoms with Gasteiger partial charge in [-0.2, -0.15) is 5.10 Å². The second kappa shape index (κ2) is 4.88. The van der Waals surface area contributed by atoms with Gasteiger partial charge in [-0.25, -0.2) is 0 Å². The standard InChI is InChI=1S/C12H20BrN3/c1-4-7-16(10-5-6-10)8-11-12(13)9(2)14-15(11)3/h10H,4-8H2,1-3H3. The van der Waals surface area contributed by atoms with Gasteiger partial charge in [0.1, 0.15) is 0 Å². The summed E-state index contributed by atoms with van der Waals surface area (Å²) in [5.74, 6) is 0. The Labute approximate surface area is 106 Å². The topological polar surface area (TPSA) is 21.1 Å². The van der Waals surface area contributed by atoms with Crippen LogP contribution in [0.25, 0.3) is 0 Å². The van der Waals surface area contributed by atoms with Crippen molar-refractivity contribution in [1.82, 2.24) is 14.7 Å². The second-order valence-electron chi connectivity index (χ2n) is 4.67. The summed E-state index contributed by atoms with van der Waals surface area (Å²) in [6.07, 6.45) is 3.97.